The summed E-state index contributed by atoms with van der Waals surface area (Å²) in [6.07, 6.45) is 1.36. The highest BCUT2D eigenvalue weighted by Gasteiger charge is 2.22. The van der Waals surface area contributed by atoms with E-state index in [-0.39, 0.29) is 12.2 Å². The van der Waals surface area contributed by atoms with Gasteiger partial charge in [0.1, 0.15) is 0 Å². The topological polar surface area (TPSA) is 66.4 Å². The van der Waals surface area contributed by atoms with Crippen molar-refractivity contribution in [3.8, 4) is 0 Å². The number of rotatable bonds is 8. The Morgan fingerprint density at radius 1 is 1.30 bits per heavy atom. The van der Waals surface area contributed by atoms with E-state index in [1.165, 1.54) is 0 Å². The second-order valence-corrected chi connectivity index (χ2v) is 4.99. The molecule has 0 spiro atoms. The number of Topliss-reactive ketones (excluding diaryl/α,β-unsaturated/α-hetero) is 1. The van der Waals surface area contributed by atoms with Gasteiger partial charge in [-0.25, -0.2) is 0 Å². The van der Waals surface area contributed by atoms with Crippen LogP contribution >= 0.6 is 0 Å². The van der Waals surface area contributed by atoms with Crippen LogP contribution in [-0.4, -0.2) is 29.4 Å². The lowest BCUT2D eigenvalue weighted by molar-refractivity contribution is -0.137. The summed E-state index contributed by atoms with van der Waals surface area (Å²) < 4.78 is 0. The van der Waals surface area contributed by atoms with Crippen LogP contribution in [0.15, 0.2) is 36.9 Å². The van der Waals surface area contributed by atoms with Crippen LogP contribution in [0.25, 0.3) is 0 Å². The summed E-state index contributed by atoms with van der Waals surface area (Å²) in [5.74, 6) is -0.809. The minimum Gasteiger partial charge on any atom is -0.481 e. The zero-order valence-electron chi connectivity index (χ0n) is 11.9. The van der Waals surface area contributed by atoms with Gasteiger partial charge >= 0.3 is 5.97 Å². The van der Waals surface area contributed by atoms with E-state index in [1.807, 2.05) is 12.1 Å². The fourth-order valence-electron chi connectivity index (χ4n) is 1.89. The monoisotopic (exact) mass is 275 g/mol. The summed E-state index contributed by atoms with van der Waals surface area (Å²) in [5.41, 5.74) is 1.67. The van der Waals surface area contributed by atoms with Crippen LogP contribution in [0.5, 0.6) is 0 Å². The quantitative estimate of drug-likeness (QED) is 0.565. The summed E-state index contributed by atoms with van der Waals surface area (Å²) in [7, 11) is 0. The highest BCUT2D eigenvalue weighted by Crippen LogP contribution is 2.16. The Bertz CT molecular complexity index is 477. The first-order chi connectivity index (χ1) is 9.45. The fraction of sp³-hybridized carbons (Fsp3) is 0.375. The molecular formula is C16H21NO3. The fourth-order valence-corrected chi connectivity index (χ4v) is 1.89. The van der Waals surface area contributed by atoms with Crippen molar-refractivity contribution in [3.63, 3.8) is 0 Å². The molecule has 0 aliphatic carbocycles. The van der Waals surface area contributed by atoms with Crippen LogP contribution < -0.4 is 5.32 Å². The van der Waals surface area contributed by atoms with Gasteiger partial charge in [0.05, 0.1) is 12.5 Å². The maximum absolute atomic E-state index is 12.3. The van der Waals surface area contributed by atoms with Gasteiger partial charge in [-0.2, -0.15) is 0 Å². The van der Waals surface area contributed by atoms with E-state index in [0.717, 1.165) is 5.56 Å². The van der Waals surface area contributed by atoms with Gasteiger partial charge in [-0.3, -0.25) is 9.59 Å². The van der Waals surface area contributed by atoms with E-state index in [9.17, 15) is 9.59 Å². The SMILES string of the molecule is C=CCNC(CC(=O)O)C(=O)c1ccc(C(C)C)cc1. The predicted molar refractivity (Wildman–Crippen MR) is 79.1 cm³/mol. The molecule has 108 valence electrons. The lowest BCUT2D eigenvalue weighted by atomic mass is 9.97. The van der Waals surface area contributed by atoms with Crippen LogP contribution in [0.2, 0.25) is 0 Å². The molecule has 20 heavy (non-hydrogen) atoms. The minimum absolute atomic E-state index is 0.204. The average molecular weight is 275 g/mol. The molecule has 0 aromatic heterocycles. The van der Waals surface area contributed by atoms with Crippen molar-refractivity contribution >= 4 is 11.8 Å². The van der Waals surface area contributed by atoms with Gasteiger partial charge in [0.25, 0.3) is 0 Å². The first-order valence-corrected chi connectivity index (χ1v) is 6.66. The van der Waals surface area contributed by atoms with E-state index in [0.29, 0.717) is 18.0 Å². The largest absolute Gasteiger partial charge is 0.481 e. The molecule has 0 bridgehead atoms. The summed E-state index contributed by atoms with van der Waals surface area (Å²) in [5, 5.41) is 11.8. The number of nitrogens with one attached hydrogen (secondary N) is 1. The third-order valence-electron chi connectivity index (χ3n) is 3.07. The zero-order chi connectivity index (χ0) is 15.1. The molecule has 0 fully saturated rings. The Morgan fingerprint density at radius 2 is 1.90 bits per heavy atom. The second kappa shape index (κ2) is 7.60. The Labute approximate surface area is 119 Å². The summed E-state index contributed by atoms with van der Waals surface area (Å²) in [6.45, 7) is 8.11. The Morgan fingerprint density at radius 3 is 2.35 bits per heavy atom. The zero-order valence-corrected chi connectivity index (χ0v) is 11.9. The summed E-state index contributed by atoms with van der Waals surface area (Å²) >= 11 is 0. The molecule has 1 aromatic rings. The predicted octanol–water partition coefficient (Wildman–Crippen LogP) is 2.61. The first-order valence-electron chi connectivity index (χ1n) is 6.66. The van der Waals surface area contributed by atoms with Crippen LogP contribution in [0.3, 0.4) is 0 Å². The van der Waals surface area contributed by atoms with Gasteiger partial charge in [0, 0.05) is 12.1 Å². The van der Waals surface area contributed by atoms with Crippen molar-refractivity contribution in [3.05, 3.63) is 48.0 Å². The van der Waals surface area contributed by atoms with Gasteiger partial charge in [0.2, 0.25) is 0 Å². The number of aliphatic carboxylic acids is 1. The highest BCUT2D eigenvalue weighted by atomic mass is 16.4. The third kappa shape index (κ3) is 4.63. The maximum atomic E-state index is 12.3. The Kier molecular flexibility index (Phi) is 6.12. The van der Waals surface area contributed by atoms with E-state index in [1.54, 1.807) is 18.2 Å². The molecule has 1 rings (SSSR count). The van der Waals surface area contributed by atoms with Gasteiger partial charge in [-0.15, -0.1) is 6.58 Å². The van der Waals surface area contributed by atoms with Crippen molar-refractivity contribution < 1.29 is 14.7 Å². The molecule has 4 heteroatoms. The van der Waals surface area contributed by atoms with Crippen molar-refractivity contribution in [2.75, 3.05) is 6.54 Å². The van der Waals surface area contributed by atoms with Crippen molar-refractivity contribution in [2.24, 2.45) is 0 Å². The van der Waals surface area contributed by atoms with Crippen LogP contribution in [0.4, 0.5) is 0 Å². The average Bonchev–Trinajstić information content (AvgIpc) is 2.42. The van der Waals surface area contributed by atoms with Crippen LogP contribution in [0.1, 0.15) is 42.1 Å². The lowest BCUT2D eigenvalue weighted by Crippen LogP contribution is -2.38. The van der Waals surface area contributed by atoms with Crippen molar-refractivity contribution in [1.29, 1.82) is 0 Å². The highest BCUT2D eigenvalue weighted by molar-refractivity contribution is 6.01. The Hall–Kier alpha value is -1.94. The molecule has 1 aromatic carbocycles. The maximum Gasteiger partial charge on any atom is 0.305 e. The molecule has 0 saturated carbocycles. The summed E-state index contributed by atoms with van der Waals surface area (Å²) in [4.78, 5) is 23.1. The lowest BCUT2D eigenvalue weighted by Gasteiger charge is -2.15. The third-order valence-corrected chi connectivity index (χ3v) is 3.07. The van der Waals surface area contributed by atoms with E-state index < -0.39 is 12.0 Å². The molecule has 1 unspecified atom stereocenters. The van der Waals surface area contributed by atoms with Crippen molar-refractivity contribution in [1.82, 2.24) is 5.32 Å². The second-order valence-electron chi connectivity index (χ2n) is 4.99. The molecule has 0 heterocycles. The van der Waals surface area contributed by atoms with Crippen LogP contribution in [-0.2, 0) is 4.79 Å². The van der Waals surface area contributed by atoms with Gasteiger partial charge in [-0.05, 0) is 11.5 Å². The number of carboxylic acid groups (broad SMARTS) is 1. The molecule has 1 atom stereocenters. The molecule has 0 radical (unpaired) electrons. The summed E-state index contributed by atoms with van der Waals surface area (Å²) in [6, 6.07) is 6.59. The number of carboxylic acids is 1. The molecule has 0 saturated heterocycles. The molecular weight excluding hydrogens is 254 g/mol. The standard InChI is InChI=1S/C16H21NO3/c1-4-9-17-14(10-15(18)19)16(20)13-7-5-12(6-8-13)11(2)3/h4-8,11,14,17H,1,9-10H2,2-3H3,(H,18,19). The van der Waals surface area contributed by atoms with Crippen LogP contribution in [0, 0.1) is 0 Å². The van der Waals surface area contributed by atoms with E-state index in [4.69, 9.17) is 5.11 Å². The van der Waals surface area contributed by atoms with E-state index in [2.05, 4.69) is 25.7 Å². The number of hydrogen-bond acceptors (Lipinski definition) is 3. The molecule has 0 aliphatic heterocycles. The smallest absolute Gasteiger partial charge is 0.305 e. The number of benzene rings is 1. The molecule has 0 amide bonds. The number of carbonyl (C=O) groups excluding carboxylic acids is 1. The number of ketones is 1. The van der Waals surface area contributed by atoms with Gasteiger partial charge in [0.15, 0.2) is 5.78 Å². The number of carbonyl (C=O) groups is 2. The number of hydrogen-bond donors (Lipinski definition) is 2. The normalized spacial score (nSPS) is 12.2. The molecule has 4 nitrogen and oxygen atoms in total. The van der Waals surface area contributed by atoms with Gasteiger partial charge in [-0.1, -0.05) is 44.2 Å². The first kappa shape index (κ1) is 16.1. The van der Waals surface area contributed by atoms with E-state index >= 15 is 0 Å². The molecule has 0 aliphatic rings. The van der Waals surface area contributed by atoms with Gasteiger partial charge < -0.3 is 10.4 Å². The minimum atomic E-state index is -1.00. The Balaban J connectivity index is 2.86. The van der Waals surface area contributed by atoms with Crippen molar-refractivity contribution in [2.45, 2.75) is 32.2 Å². The molecule has 2 N–H and O–H groups in total.